The lowest BCUT2D eigenvalue weighted by Crippen LogP contribution is -2.53. The smallest absolute Gasteiger partial charge is 0.315 e. The van der Waals surface area contributed by atoms with E-state index in [1.807, 2.05) is 36.4 Å². The summed E-state index contributed by atoms with van der Waals surface area (Å²) in [6.45, 7) is 2.67. The molecule has 6 heteroatoms. The van der Waals surface area contributed by atoms with Crippen LogP contribution >= 0.6 is 23.2 Å². The van der Waals surface area contributed by atoms with Gasteiger partial charge in [0.15, 0.2) is 0 Å². The van der Waals surface area contributed by atoms with E-state index in [0.29, 0.717) is 17.6 Å². The monoisotopic (exact) mass is 459 g/mol. The molecule has 2 N–H and O–H groups in total. The highest BCUT2D eigenvalue weighted by Gasteiger charge is 2.35. The summed E-state index contributed by atoms with van der Waals surface area (Å²) >= 11 is 12.2. The Hall–Kier alpha value is -1.75. The Morgan fingerprint density at radius 3 is 2.45 bits per heavy atom. The van der Waals surface area contributed by atoms with Crippen LogP contribution in [0.4, 0.5) is 4.79 Å². The fraction of sp³-hybridized carbons (Fsp3) is 0.480. The van der Waals surface area contributed by atoms with Crippen molar-refractivity contribution in [1.82, 2.24) is 15.5 Å². The lowest BCUT2D eigenvalue weighted by molar-refractivity contribution is 0.118. The number of benzene rings is 2. The van der Waals surface area contributed by atoms with Crippen molar-refractivity contribution in [2.75, 3.05) is 13.1 Å². The number of halogens is 2. The third-order valence-corrected chi connectivity index (χ3v) is 7.37. The molecule has 0 radical (unpaired) electrons. The van der Waals surface area contributed by atoms with Crippen LogP contribution in [-0.2, 0) is 13.0 Å². The maximum atomic E-state index is 12.5. The van der Waals surface area contributed by atoms with Gasteiger partial charge in [-0.3, -0.25) is 4.90 Å². The highest BCUT2D eigenvalue weighted by atomic mass is 35.5. The van der Waals surface area contributed by atoms with E-state index >= 15 is 0 Å². The molecule has 31 heavy (non-hydrogen) atoms. The Balaban J connectivity index is 1.23. The molecule has 0 spiro atoms. The number of hydrogen-bond acceptors (Lipinski definition) is 2. The molecule has 1 saturated heterocycles. The lowest BCUT2D eigenvalue weighted by atomic mass is 9.89. The molecule has 2 unspecified atom stereocenters. The minimum Gasteiger partial charge on any atom is -0.334 e. The molecule has 1 aliphatic heterocycles. The molecule has 166 valence electrons. The van der Waals surface area contributed by atoms with E-state index in [1.54, 1.807) is 0 Å². The van der Waals surface area contributed by atoms with Gasteiger partial charge in [-0.2, -0.15) is 0 Å². The van der Waals surface area contributed by atoms with E-state index in [9.17, 15) is 4.79 Å². The summed E-state index contributed by atoms with van der Waals surface area (Å²) in [7, 11) is 0. The van der Waals surface area contributed by atoms with Crippen molar-refractivity contribution >= 4 is 29.2 Å². The van der Waals surface area contributed by atoms with Gasteiger partial charge >= 0.3 is 6.03 Å². The SMILES string of the molecule is O=C(NCc1ccccc1Cl)NC1CCCC1N1CCC(Cc2ccc(Cl)cc2)CC1. The summed E-state index contributed by atoms with van der Waals surface area (Å²) in [6.07, 6.45) is 6.94. The molecule has 2 aliphatic rings. The van der Waals surface area contributed by atoms with Crippen LogP contribution in [0, 0.1) is 5.92 Å². The molecule has 4 rings (SSSR count). The van der Waals surface area contributed by atoms with Gasteiger partial charge in [0.2, 0.25) is 0 Å². The number of piperidine rings is 1. The first-order valence-electron chi connectivity index (χ1n) is 11.3. The van der Waals surface area contributed by atoms with Crippen molar-refractivity contribution in [1.29, 1.82) is 0 Å². The van der Waals surface area contributed by atoms with Crippen molar-refractivity contribution in [3.8, 4) is 0 Å². The average molecular weight is 460 g/mol. The largest absolute Gasteiger partial charge is 0.334 e. The van der Waals surface area contributed by atoms with Crippen molar-refractivity contribution < 1.29 is 4.79 Å². The number of nitrogens with one attached hydrogen (secondary N) is 2. The van der Waals surface area contributed by atoms with Gasteiger partial charge in [0.05, 0.1) is 0 Å². The number of urea groups is 1. The standard InChI is InChI=1S/C25H31Cl2N3O/c26-21-10-8-18(9-11-21)16-19-12-14-30(15-13-19)24-7-3-6-23(24)29-25(31)28-17-20-4-1-2-5-22(20)27/h1-2,4-5,8-11,19,23-24H,3,6-7,12-17H2,(H2,28,29,31). The van der Waals surface area contributed by atoms with Crippen molar-refractivity contribution in [3.63, 3.8) is 0 Å². The highest BCUT2D eigenvalue weighted by Crippen LogP contribution is 2.30. The zero-order valence-corrected chi connectivity index (χ0v) is 19.3. The normalized spacial score (nSPS) is 22.4. The Morgan fingerprint density at radius 2 is 1.71 bits per heavy atom. The Bertz CT molecular complexity index is 865. The van der Waals surface area contributed by atoms with Gasteiger partial charge in [-0.15, -0.1) is 0 Å². The van der Waals surface area contributed by atoms with Gasteiger partial charge in [0, 0.05) is 28.7 Å². The maximum absolute atomic E-state index is 12.5. The fourth-order valence-electron chi connectivity index (χ4n) is 5.03. The van der Waals surface area contributed by atoms with Crippen molar-refractivity contribution in [3.05, 3.63) is 69.7 Å². The van der Waals surface area contributed by atoms with Crippen LogP contribution in [0.5, 0.6) is 0 Å². The molecule has 0 bridgehead atoms. The predicted molar refractivity (Wildman–Crippen MR) is 128 cm³/mol. The molecule has 2 amide bonds. The second-order valence-electron chi connectivity index (χ2n) is 8.83. The molecule has 1 aliphatic carbocycles. The molecule has 2 atom stereocenters. The third-order valence-electron chi connectivity index (χ3n) is 6.75. The van der Waals surface area contributed by atoms with Crippen molar-refractivity contribution in [2.45, 2.75) is 57.2 Å². The van der Waals surface area contributed by atoms with Gasteiger partial charge in [0.25, 0.3) is 0 Å². The zero-order valence-electron chi connectivity index (χ0n) is 17.8. The maximum Gasteiger partial charge on any atom is 0.315 e. The molecule has 4 nitrogen and oxygen atoms in total. The Morgan fingerprint density at radius 1 is 0.968 bits per heavy atom. The highest BCUT2D eigenvalue weighted by molar-refractivity contribution is 6.31. The number of nitrogens with zero attached hydrogens (tertiary/aromatic N) is 1. The van der Waals surface area contributed by atoms with Crippen LogP contribution in [-0.4, -0.2) is 36.1 Å². The van der Waals surface area contributed by atoms with E-state index in [4.69, 9.17) is 23.2 Å². The molecule has 1 saturated carbocycles. The van der Waals surface area contributed by atoms with Gasteiger partial charge in [-0.1, -0.05) is 53.5 Å². The van der Waals surface area contributed by atoms with Crippen LogP contribution in [0.25, 0.3) is 0 Å². The minimum absolute atomic E-state index is 0.102. The molecule has 2 fully saturated rings. The minimum atomic E-state index is -0.102. The molecule has 1 heterocycles. The molecule has 2 aromatic rings. The number of likely N-dealkylation sites (tertiary alicyclic amines) is 1. The Kier molecular flexibility index (Phi) is 7.76. The van der Waals surface area contributed by atoms with Gasteiger partial charge in [-0.05, 0) is 86.9 Å². The summed E-state index contributed by atoms with van der Waals surface area (Å²) < 4.78 is 0. The number of hydrogen-bond donors (Lipinski definition) is 2. The van der Waals surface area contributed by atoms with E-state index in [0.717, 1.165) is 48.9 Å². The fourth-order valence-corrected chi connectivity index (χ4v) is 5.35. The first kappa shape index (κ1) is 22.4. The summed E-state index contributed by atoms with van der Waals surface area (Å²) in [4.78, 5) is 15.1. The summed E-state index contributed by atoms with van der Waals surface area (Å²) in [5.74, 6) is 0.726. The van der Waals surface area contributed by atoms with E-state index in [1.165, 1.54) is 24.8 Å². The molecular weight excluding hydrogens is 429 g/mol. The molecule has 0 aromatic heterocycles. The quantitative estimate of drug-likeness (QED) is 0.584. The van der Waals surface area contributed by atoms with E-state index in [-0.39, 0.29) is 12.1 Å². The zero-order chi connectivity index (χ0) is 21.6. The second kappa shape index (κ2) is 10.7. The third kappa shape index (κ3) is 6.15. The molecular formula is C25H31Cl2N3O. The van der Waals surface area contributed by atoms with E-state index < -0.39 is 0 Å². The molecule has 2 aromatic carbocycles. The average Bonchev–Trinajstić information content (AvgIpc) is 3.23. The van der Waals surface area contributed by atoms with Crippen LogP contribution in [0.15, 0.2) is 48.5 Å². The number of carbonyl (C=O) groups is 1. The van der Waals surface area contributed by atoms with Gasteiger partial charge < -0.3 is 10.6 Å². The van der Waals surface area contributed by atoms with Crippen LogP contribution in [0.1, 0.15) is 43.2 Å². The number of carbonyl (C=O) groups excluding carboxylic acids is 1. The van der Waals surface area contributed by atoms with Crippen LogP contribution in [0.3, 0.4) is 0 Å². The Labute approximate surface area is 195 Å². The first-order chi connectivity index (χ1) is 15.1. The van der Waals surface area contributed by atoms with Gasteiger partial charge in [0.1, 0.15) is 0 Å². The summed E-state index contributed by atoms with van der Waals surface area (Å²) in [6, 6.07) is 16.4. The number of rotatable bonds is 6. The summed E-state index contributed by atoms with van der Waals surface area (Å²) in [5.41, 5.74) is 2.31. The van der Waals surface area contributed by atoms with E-state index in [2.05, 4.69) is 27.7 Å². The predicted octanol–water partition coefficient (Wildman–Crippen LogP) is 5.67. The van der Waals surface area contributed by atoms with Crippen LogP contribution < -0.4 is 10.6 Å². The number of amides is 2. The van der Waals surface area contributed by atoms with Crippen LogP contribution in [0.2, 0.25) is 10.0 Å². The first-order valence-corrected chi connectivity index (χ1v) is 12.1. The van der Waals surface area contributed by atoms with Crippen molar-refractivity contribution in [2.24, 2.45) is 5.92 Å². The topological polar surface area (TPSA) is 44.4 Å². The second-order valence-corrected chi connectivity index (χ2v) is 9.68. The van der Waals surface area contributed by atoms with Gasteiger partial charge in [-0.25, -0.2) is 4.79 Å². The lowest BCUT2D eigenvalue weighted by Gasteiger charge is -2.38. The summed E-state index contributed by atoms with van der Waals surface area (Å²) in [5, 5.41) is 7.67.